The van der Waals surface area contributed by atoms with Crippen LogP contribution in [0.1, 0.15) is 15.4 Å². The Morgan fingerprint density at radius 3 is 2.77 bits per heavy atom. The van der Waals surface area contributed by atoms with E-state index in [1.54, 1.807) is 23.1 Å². The van der Waals surface area contributed by atoms with Crippen LogP contribution < -0.4 is 4.90 Å². The summed E-state index contributed by atoms with van der Waals surface area (Å²) < 4.78 is 25.2. The number of thiophene rings is 1. The van der Waals surface area contributed by atoms with E-state index in [1.165, 1.54) is 29.7 Å². The van der Waals surface area contributed by atoms with Crippen LogP contribution in [0.2, 0.25) is 5.02 Å². The van der Waals surface area contributed by atoms with Gasteiger partial charge in [-0.1, -0.05) is 11.6 Å². The number of hydrogen-bond donors (Lipinski definition) is 0. The molecule has 1 saturated heterocycles. The van der Waals surface area contributed by atoms with Gasteiger partial charge in [0.25, 0.3) is 11.8 Å². The van der Waals surface area contributed by atoms with Crippen molar-refractivity contribution in [1.82, 2.24) is 9.88 Å². The van der Waals surface area contributed by atoms with Crippen LogP contribution in [0.3, 0.4) is 0 Å². The van der Waals surface area contributed by atoms with Gasteiger partial charge in [-0.05, 0) is 30.3 Å². The lowest BCUT2D eigenvalue weighted by atomic mass is 10.2. The summed E-state index contributed by atoms with van der Waals surface area (Å²) in [6, 6.07) is 9.75. The van der Waals surface area contributed by atoms with Crippen LogP contribution in [0, 0.1) is 17.1 Å². The first-order valence-corrected chi connectivity index (χ1v) is 10.6. The van der Waals surface area contributed by atoms with Crippen molar-refractivity contribution in [2.45, 2.75) is 0 Å². The molecule has 0 atom stereocenters. The molecule has 1 fully saturated rings. The number of nitriles is 1. The molecule has 0 radical (unpaired) electrons. The zero-order valence-corrected chi connectivity index (χ0v) is 17.5. The van der Waals surface area contributed by atoms with E-state index in [4.69, 9.17) is 20.4 Å². The van der Waals surface area contributed by atoms with Crippen molar-refractivity contribution in [3.8, 4) is 17.7 Å². The predicted molar refractivity (Wildman–Crippen MR) is 114 cm³/mol. The van der Waals surface area contributed by atoms with Gasteiger partial charge in [0.05, 0.1) is 11.3 Å². The van der Waals surface area contributed by atoms with Crippen LogP contribution in [0.25, 0.3) is 21.7 Å². The van der Waals surface area contributed by atoms with Gasteiger partial charge < -0.3 is 18.6 Å². The van der Waals surface area contributed by atoms with Crippen LogP contribution in [0.5, 0.6) is 0 Å². The number of rotatable bonds is 3. The Labute approximate surface area is 184 Å². The highest BCUT2D eigenvalue weighted by molar-refractivity contribution is 7.21. The van der Waals surface area contributed by atoms with E-state index in [1.807, 2.05) is 11.0 Å². The van der Waals surface area contributed by atoms with Crippen molar-refractivity contribution in [2.75, 3.05) is 31.1 Å². The van der Waals surface area contributed by atoms with Gasteiger partial charge in [0.1, 0.15) is 16.8 Å². The summed E-state index contributed by atoms with van der Waals surface area (Å²) in [4.78, 5) is 21.2. The van der Waals surface area contributed by atoms with Gasteiger partial charge in [-0.3, -0.25) is 4.79 Å². The Morgan fingerprint density at radius 1 is 1.26 bits per heavy atom. The highest BCUT2D eigenvalue weighted by Crippen LogP contribution is 2.37. The van der Waals surface area contributed by atoms with Gasteiger partial charge in [-0.15, -0.1) is 11.3 Å². The fraction of sp³-hybridized carbons (Fsp3) is 0.190. The monoisotopic (exact) mass is 456 g/mol. The van der Waals surface area contributed by atoms with Crippen LogP contribution in [-0.4, -0.2) is 42.0 Å². The summed E-state index contributed by atoms with van der Waals surface area (Å²) >= 11 is 7.59. The Morgan fingerprint density at radius 2 is 2.06 bits per heavy atom. The van der Waals surface area contributed by atoms with E-state index in [0.717, 1.165) is 0 Å². The molecule has 0 aliphatic carbocycles. The molecule has 7 nitrogen and oxygen atoms in total. The minimum Gasteiger partial charge on any atom is -0.459 e. The molecule has 31 heavy (non-hydrogen) atoms. The summed E-state index contributed by atoms with van der Waals surface area (Å²) in [6.07, 6.45) is 1.50. The van der Waals surface area contributed by atoms with Crippen molar-refractivity contribution < 1.29 is 18.0 Å². The fourth-order valence-electron chi connectivity index (χ4n) is 3.54. The summed E-state index contributed by atoms with van der Waals surface area (Å²) in [5.74, 6) is 0.469. The molecule has 5 rings (SSSR count). The van der Waals surface area contributed by atoms with Crippen LogP contribution >= 0.6 is 22.9 Å². The number of carbonyl (C=O) groups excluding carboxylic acids is 1. The second kappa shape index (κ2) is 7.72. The minimum atomic E-state index is -0.368. The zero-order chi connectivity index (χ0) is 21.5. The number of halogens is 2. The van der Waals surface area contributed by atoms with Crippen molar-refractivity contribution in [3.63, 3.8) is 0 Å². The Kier molecular flexibility index (Phi) is 4.88. The van der Waals surface area contributed by atoms with Crippen molar-refractivity contribution >= 4 is 44.8 Å². The van der Waals surface area contributed by atoms with E-state index >= 15 is 0 Å². The van der Waals surface area contributed by atoms with E-state index in [9.17, 15) is 14.4 Å². The van der Waals surface area contributed by atoms with Gasteiger partial charge in [-0.2, -0.15) is 10.2 Å². The van der Waals surface area contributed by atoms with Gasteiger partial charge in [0.15, 0.2) is 5.76 Å². The average molecular weight is 457 g/mol. The second-order valence-corrected chi connectivity index (χ2v) is 8.36. The molecule has 4 heterocycles. The molecule has 1 aromatic carbocycles. The largest absolute Gasteiger partial charge is 0.459 e. The number of amides is 1. The molecule has 0 unspecified atom stereocenters. The molecule has 0 N–H and O–H groups in total. The summed E-state index contributed by atoms with van der Waals surface area (Å²) in [7, 11) is 0. The molecule has 0 spiro atoms. The molecule has 156 valence electrons. The molecule has 1 aliphatic heterocycles. The zero-order valence-electron chi connectivity index (χ0n) is 16.0. The van der Waals surface area contributed by atoms with E-state index in [2.05, 4.69) is 4.98 Å². The number of benzene rings is 1. The quantitative estimate of drug-likeness (QED) is 0.441. The fourth-order valence-corrected chi connectivity index (χ4v) is 5.04. The Hall–Kier alpha value is -3.35. The number of oxazole rings is 1. The van der Waals surface area contributed by atoms with Crippen LogP contribution in [0.4, 0.5) is 10.3 Å². The highest BCUT2D eigenvalue weighted by atomic mass is 35.5. The maximum Gasteiger partial charge on any atom is 0.266 e. The third-order valence-corrected chi connectivity index (χ3v) is 6.73. The highest BCUT2D eigenvalue weighted by Gasteiger charge is 2.29. The molecule has 1 amide bonds. The predicted octanol–water partition coefficient (Wildman–Crippen LogP) is 4.78. The third kappa shape index (κ3) is 3.44. The second-order valence-electron chi connectivity index (χ2n) is 6.93. The normalized spacial score (nSPS) is 14.2. The van der Waals surface area contributed by atoms with Gasteiger partial charge in [0, 0.05) is 36.3 Å². The van der Waals surface area contributed by atoms with Crippen LogP contribution in [0.15, 0.2) is 45.4 Å². The number of fused-ring (bicyclic) bond motifs is 1. The molecule has 4 aromatic rings. The lowest BCUT2D eigenvalue weighted by molar-refractivity contribution is 0.0750. The molecule has 10 heteroatoms. The lowest BCUT2D eigenvalue weighted by Gasteiger charge is -2.34. The number of furan rings is 1. The topological polar surface area (TPSA) is 86.5 Å². The smallest absolute Gasteiger partial charge is 0.266 e. The number of piperazine rings is 1. The Balaban J connectivity index is 1.34. The number of nitrogens with zero attached hydrogens (tertiary/aromatic N) is 4. The minimum absolute atomic E-state index is 0.167. The average Bonchev–Trinajstić information content (AvgIpc) is 3.52. The number of carbonyl (C=O) groups is 1. The van der Waals surface area contributed by atoms with Gasteiger partial charge >= 0.3 is 0 Å². The third-order valence-electron chi connectivity index (χ3n) is 5.09. The maximum atomic E-state index is 13.5. The number of hydrogen-bond acceptors (Lipinski definition) is 7. The summed E-state index contributed by atoms with van der Waals surface area (Å²) in [5, 5.41) is 10.4. The van der Waals surface area contributed by atoms with E-state index in [-0.39, 0.29) is 23.3 Å². The van der Waals surface area contributed by atoms with Crippen molar-refractivity contribution in [1.29, 1.82) is 5.26 Å². The first kappa shape index (κ1) is 19.6. The molecule has 0 bridgehead atoms. The van der Waals surface area contributed by atoms with E-state index < -0.39 is 0 Å². The molecular formula is C21H14ClFN4O3S. The molecule has 3 aromatic heterocycles. The van der Waals surface area contributed by atoms with Gasteiger partial charge in [-0.25, -0.2) is 4.39 Å². The lowest BCUT2D eigenvalue weighted by Crippen LogP contribution is -2.48. The number of anilines is 1. The number of aromatic nitrogens is 1. The van der Waals surface area contributed by atoms with Crippen molar-refractivity contribution in [2.24, 2.45) is 0 Å². The molecule has 1 aliphatic rings. The first-order valence-electron chi connectivity index (χ1n) is 9.41. The Bertz CT molecular complexity index is 1320. The standard InChI is InChI=1S/C21H14ClFN4O3S/c22-17-13-4-3-12(23)10-16(13)31-18(17)20(28)26-5-7-27(8-6-26)21-14(11-24)25-19(30-21)15-2-1-9-29-15/h1-4,9-10H,5-8H2. The molecule has 0 saturated carbocycles. The summed E-state index contributed by atoms with van der Waals surface area (Å²) in [5.41, 5.74) is 0.167. The molecular weight excluding hydrogens is 443 g/mol. The van der Waals surface area contributed by atoms with Crippen molar-refractivity contribution in [3.05, 3.63) is 58.0 Å². The van der Waals surface area contributed by atoms with Gasteiger partial charge in [0.2, 0.25) is 11.6 Å². The van der Waals surface area contributed by atoms with E-state index in [0.29, 0.717) is 57.8 Å². The SMILES string of the molecule is N#Cc1nc(-c2ccco2)oc1N1CCN(C(=O)c2sc3cc(F)ccc3c2Cl)CC1. The maximum absolute atomic E-state index is 13.5. The first-order chi connectivity index (χ1) is 15.0. The summed E-state index contributed by atoms with van der Waals surface area (Å²) in [6.45, 7) is 1.76. The van der Waals surface area contributed by atoms with Crippen LogP contribution in [-0.2, 0) is 0 Å².